The van der Waals surface area contributed by atoms with Crippen molar-refractivity contribution < 1.29 is 20.4 Å². The predicted octanol–water partition coefficient (Wildman–Crippen LogP) is 6.35. The minimum Gasteiger partial charge on any atom is -0.508 e. The molecule has 4 N–H and O–H groups in total. The Bertz CT molecular complexity index is 1480. The highest BCUT2D eigenvalue weighted by atomic mass is 32.1. The minimum absolute atomic E-state index is 0.0130. The Kier molecular flexibility index (Phi) is 4.41. The Labute approximate surface area is 179 Å². The fourth-order valence-electron chi connectivity index (χ4n) is 3.33. The third-order valence-electron chi connectivity index (χ3n) is 4.81. The smallest absolute Gasteiger partial charge is 0.147 e. The molecule has 5 rings (SSSR count). The van der Waals surface area contributed by atoms with E-state index >= 15 is 0 Å². The first kappa shape index (κ1) is 18.8. The summed E-state index contributed by atoms with van der Waals surface area (Å²) in [5.41, 5.74) is 2.12. The lowest BCUT2D eigenvalue weighted by atomic mass is 10.1. The Morgan fingerprint density at radius 2 is 1.45 bits per heavy atom. The van der Waals surface area contributed by atoms with Crippen molar-refractivity contribution in [2.45, 2.75) is 0 Å². The van der Waals surface area contributed by atoms with Crippen LogP contribution in [0.25, 0.3) is 31.6 Å². The van der Waals surface area contributed by atoms with E-state index in [1.807, 2.05) is 12.1 Å². The van der Waals surface area contributed by atoms with E-state index in [2.05, 4.69) is 15.2 Å². The second-order valence-corrected chi connectivity index (χ2v) is 7.92. The molecule has 0 aliphatic carbocycles. The molecule has 1 heterocycles. The van der Waals surface area contributed by atoms with Crippen LogP contribution < -0.4 is 0 Å². The van der Waals surface area contributed by atoms with E-state index in [1.54, 1.807) is 42.5 Å². The second kappa shape index (κ2) is 7.26. The lowest BCUT2D eigenvalue weighted by molar-refractivity contribution is 0.454. The van der Waals surface area contributed by atoms with Crippen LogP contribution in [0.2, 0.25) is 0 Å². The molecule has 4 aromatic carbocycles. The maximum atomic E-state index is 10.2. The lowest BCUT2D eigenvalue weighted by Gasteiger charge is -2.06. The molecule has 0 aliphatic heterocycles. The fraction of sp³-hybridized carbons (Fsp3) is 0. The van der Waals surface area contributed by atoms with Crippen molar-refractivity contribution in [3.63, 3.8) is 0 Å². The van der Waals surface area contributed by atoms with Crippen molar-refractivity contribution in [2.75, 3.05) is 0 Å². The number of benzene rings is 4. The zero-order chi connectivity index (χ0) is 21.5. The van der Waals surface area contributed by atoms with Gasteiger partial charge in [0.15, 0.2) is 0 Å². The van der Waals surface area contributed by atoms with Crippen LogP contribution in [-0.2, 0) is 0 Å². The van der Waals surface area contributed by atoms with Gasteiger partial charge in [-0.15, -0.1) is 16.5 Å². The lowest BCUT2D eigenvalue weighted by Crippen LogP contribution is -1.77. The number of rotatable bonds is 3. The number of nitrogens with zero attached hydrogens (tertiary/aromatic N) is 3. The number of thiazole rings is 1. The summed E-state index contributed by atoms with van der Waals surface area (Å²) >= 11 is 1.36. The standard InChI is InChI=1S/C23H15N3O4S/c27-14-9-18(29)22-20(10-14)31-23(24-22)12-5-7-13(8-6-12)25-26-21-16-4-2-1-3-15(16)17(28)11-19(21)30/h1-11,27-30H. The van der Waals surface area contributed by atoms with E-state index in [1.165, 1.54) is 23.5 Å². The van der Waals surface area contributed by atoms with E-state index in [-0.39, 0.29) is 28.7 Å². The maximum Gasteiger partial charge on any atom is 0.147 e. The monoisotopic (exact) mass is 429 g/mol. The summed E-state index contributed by atoms with van der Waals surface area (Å²) in [4.78, 5) is 4.45. The second-order valence-electron chi connectivity index (χ2n) is 6.89. The molecular weight excluding hydrogens is 414 g/mol. The fourth-order valence-corrected chi connectivity index (χ4v) is 4.36. The molecule has 7 nitrogen and oxygen atoms in total. The topological polar surface area (TPSA) is 119 Å². The Morgan fingerprint density at radius 3 is 2.23 bits per heavy atom. The van der Waals surface area contributed by atoms with Crippen LogP contribution in [0.5, 0.6) is 23.0 Å². The predicted molar refractivity (Wildman–Crippen MR) is 120 cm³/mol. The van der Waals surface area contributed by atoms with E-state index in [0.717, 1.165) is 5.56 Å². The van der Waals surface area contributed by atoms with Crippen LogP contribution in [0.4, 0.5) is 11.4 Å². The van der Waals surface area contributed by atoms with Gasteiger partial charge >= 0.3 is 0 Å². The highest BCUT2D eigenvalue weighted by Crippen LogP contribution is 2.41. The first-order valence-corrected chi connectivity index (χ1v) is 10.1. The van der Waals surface area contributed by atoms with Crippen molar-refractivity contribution in [3.8, 4) is 33.6 Å². The third kappa shape index (κ3) is 3.38. The van der Waals surface area contributed by atoms with Gasteiger partial charge in [0.1, 0.15) is 39.2 Å². The van der Waals surface area contributed by atoms with Gasteiger partial charge in [0.25, 0.3) is 0 Å². The summed E-state index contributed by atoms with van der Waals surface area (Å²) in [7, 11) is 0. The van der Waals surface area contributed by atoms with Gasteiger partial charge in [-0.2, -0.15) is 5.11 Å². The molecule has 8 heteroatoms. The zero-order valence-electron chi connectivity index (χ0n) is 15.9. The van der Waals surface area contributed by atoms with Crippen molar-refractivity contribution in [2.24, 2.45) is 10.2 Å². The molecule has 5 aromatic rings. The van der Waals surface area contributed by atoms with Gasteiger partial charge in [-0.05, 0) is 30.3 Å². The van der Waals surface area contributed by atoms with Crippen LogP contribution in [-0.4, -0.2) is 25.4 Å². The molecule has 0 atom stereocenters. The molecule has 31 heavy (non-hydrogen) atoms. The van der Waals surface area contributed by atoms with Crippen LogP contribution in [0, 0.1) is 0 Å². The largest absolute Gasteiger partial charge is 0.508 e. The van der Waals surface area contributed by atoms with Gasteiger partial charge in [-0.3, -0.25) is 0 Å². The van der Waals surface area contributed by atoms with E-state index < -0.39 is 0 Å². The van der Waals surface area contributed by atoms with Crippen molar-refractivity contribution in [1.82, 2.24) is 4.98 Å². The van der Waals surface area contributed by atoms with Crippen LogP contribution in [0.1, 0.15) is 0 Å². The third-order valence-corrected chi connectivity index (χ3v) is 5.86. The first-order chi connectivity index (χ1) is 15.0. The molecular formula is C23H15N3O4S. The molecule has 0 aliphatic rings. The highest BCUT2D eigenvalue weighted by Gasteiger charge is 2.12. The number of aromatic nitrogens is 1. The normalized spacial score (nSPS) is 11.6. The van der Waals surface area contributed by atoms with Crippen molar-refractivity contribution in [3.05, 3.63) is 66.7 Å². The van der Waals surface area contributed by atoms with E-state index in [0.29, 0.717) is 31.7 Å². The van der Waals surface area contributed by atoms with Gasteiger partial charge < -0.3 is 20.4 Å². The number of phenolic OH excluding ortho intramolecular Hbond substituents is 4. The number of fused-ring (bicyclic) bond motifs is 2. The van der Waals surface area contributed by atoms with Gasteiger partial charge in [0, 0.05) is 28.5 Å². The number of hydrogen-bond donors (Lipinski definition) is 4. The summed E-state index contributed by atoms with van der Waals surface area (Å²) in [6.07, 6.45) is 0. The van der Waals surface area contributed by atoms with Gasteiger partial charge in [-0.1, -0.05) is 24.3 Å². The van der Waals surface area contributed by atoms with E-state index in [9.17, 15) is 20.4 Å². The van der Waals surface area contributed by atoms with Crippen molar-refractivity contribution >= 4 is 43.7 Å². The highest BCUT2D eigenvalue weighted by molar-refractivity contribution is 7.21. The first-order valence-electron chi connectivity index (χ1n) is 9.28. The minimum atomic E-state index is -0.158. The number of azo groups is 1. The molecule has 0 spiro atoms. The van der Waals surface area contributed by atoms with Gasteiger partial charge in [-0.25, -0.2) is 4.98 Å². The summed E-state index contributed by atoms with van der Waals surface area (Å²) in [6, 6.07) is 18.4. The maximum absolute atomic E-state index is 10.2. The molecule has 0 saturated heterocycles. The average molecular weight is 429 g/mol. The quantitative estimate of drug-likeness (QED) is 0.249. The zero-order valence-corrected chi connectivity index (χ0v) is 16.7. The molecule has 1 aromatic heterocycles. The summed E-state index contributed by atoms with van der Waals surface area (Å²) < 4.78 is 0.686. The molecule has 0 unspecified atom stereocenters. The van der Waals surface area contributed by atoms with Gasteiger partial charge in [0.2, 0.25) is 0 Å². The summed E-state index contributed by atoms with van der Waals surface area (Å²) in [6.45, 7) is 0. The molecule has 0 radical (unpaired) electrons. The average Bonchev–Trinajstić information content (AvgIpc) is 3.18. The summed E-state index contributed by atoms with van der Waals surface area (Å²) in [5, 5.41) is 50.1. The van der Waals surface area contributed by atoms with Crippen LogP contribution in [0.15, 0.2) is 77.0 Å². The molecule has 0 fully saturated rings. The molecule has 0 amide bonds. The number of hydrogen-bond acceptors (Lipinski definition) is 8. The Hall–Kier alpha value is -4.17. The molecule has 152 valence electrons. The Balaban J connectivity index is 1.47. The summed E-state index contributed by atoms with van der Waals surface area (Å²) in [5.74, 6) is -0.259. The van der Waals surface area contributed by atoms with E-state index in [4.69, 9.17) is 0 Å². The van der Waals surface area contributed by atoms with Crippen LogP contribution >= 0.6 is 11.3 Å². The van der Waals surface area contributed by atoms with Crippen molar-refractivity contribution in [1.29, 1.82) is 0 Å². The molecule has 0 saturated carbocycles. The van der Waals surface area contributed by atoms with Crippen LogP contribution in [0.3, 0.4) is 0 Å². The SMILES string of the molecule is Oc1cc(O)c2nc(-c3ccc(N=Nc4c(O)cc(O)c5ccccc45)cc3)sc2c1. The molecule has 0 bridgehead atoms. The number of aromatic hydroxyl groups is 4. The van der Waals surface area contributed by atoms with Gasteiger partial charge in [0.05, 0.1) is 10.4 Å². The number of phenols is 4. The Morgan fingerprint density at radius 1 is 0.710 bits per heavy atom.